The van der Waals surface area contributed by atoms with Crippen molar-refractivity contribution in [3.63, 3.8) is 0 Å². The minimum absolute atomic E-state index is 0.0620. The molecule has 0 amide bonds. The van der Waals surface area contributed by atoms with Crippen LogP contribution in [0, 0.1) is 0 Å². The van der Waals surface area contributed by atoms with E-state index < -0.39 is 12.6 Å². The molecule has 102 valence electrons. The third kappa shape index (κ3) is 5.46. The molecule has 0 aliphatic rings. The lowest BCUT2D eigenvalue weighted by atomic mass is 10.1. The Morgan fingerprint density at radius 1 is 1.22 bits per heavy atom. The van der Waals surface area contributed by atoms with Crippen molar-refractivity contribution in [2.24, 2.45) is 0 Å². The van der Waals surface area contributed by atoms with Crippen LogP contribution in [0.25, 0.3) is 0 Å². The van der Waals surface area contributed by atoms with Gasteiger partial charge in [-0.3, -0.25) is 0 Å². The van der Waals surface area contributed by atoms with Gasteiger partial charge in [0, 0.05) is 12.5 Å². The molecule has 0 saturated heterocycles. The van der Waals surface area contributed by atoms with Crippen molar-refractivity contribution in [3.8, 4) is 0 Å². The van der Waals surface area contributed by atoms with Crippen LogP contribution in [0.4, 0.5) is 13.2 Å². The van der Waals surface area contributed by atoms with Crippen molar-refractivity contribution >= 4 is 23.2 Å². The summed E-state index contributed by atoms with van der Waals surface area (Å²) in [5.41, 5.74) is 0.899. The number of hydrogen-bond acceptors (Lipinski definition) is 1. The van der Waals surface area contributed by atoms with Crippen LogP contribution in [0.5, 0.6) is 0 Å². The fraction of sp³-hybridized carbons (Fsp3) is 0.500. The third-order valence-electron chi connectivity index (χ3n) is 2.53. The highest BCUT2D eigenvalue weighted by Gasteiger charge is 2.25. The monoisotopic (exact) mass is 299 g/mol. The average Bonchev–Trinajstić information content (AvgIpc) is 2.26. The Morgan fingerprint density at radius 2 is 1.89 bits per heavy atom. The lowest BCUT2D eigenvalue weighted by Gasteiger charge is -2.15. The molecule has 1 nitrogen and oxygen atoms in total. The summed E-state index contributed by atoms with van der Waals surface area (Å²) < 4.78 is 35.8. The topological polar surface area (TPSA) is 12.0 Å². The molecule has 0 aromatic heterocycles. The summed E-state index contributed by atoms with van der Waals surface area (Å²) in [5.74, 6) is 0. The Labute approximate surface area is 114 Å². The second-order valence-electron chi connectivity index (χ2n) is 4.07. The molecular weight excluding hydrogens is 286 g/mol. The molecule has 0 aliphatic heterocycles. The summed E-state index contributed by atoms with van der Waals surface area (Å²) in [4.78, 5) is 0. The van der Waals surface area contributed by atoms with Crippen LogP contribution >= 0.6 is 23.2 Å². The van der Waals surface area contributed by atoms with Crippen LogP contribution in [-0.4, -0.2) is 12.7 Å². The lowest BCUT2D eigenvalue weighted by Crippen LogP contribution is -2.21. The maximum atomic E-state index is 11.9. The first-order chi connectivity index (χ1) is 8.29. The van der Waals surface area contributed by atoms with E-state index in [1.807, 2.05) is 6.92 Å². The van der Waals surface area contributed by atoms with E-state index in [-0.39, 0.29) is 12.5 Å². The summed E-state index contributed by atoms with van der Waals surface area (Å²) in [6, 6.07) is 5.13. The number of nitrogens with one attached hydrogen (secondary N) is 1. The zero-order valence-corrected chi connectivity index (χ0v) is 11.3. The number of alkyl halides is 3. The summed E-state index contributed by atoms with van der Waals surface area (Å²) >= 11 is 11.7. The molecule has 1 atom stereocenters. The Morgan fingerprint density at radius 3 is 2.44 bits per heavy atom. The number of hydrogen-bond donors (Lipinski definition) is 1. The minimum Gasteiger partial charge on any atom is -0.310 e. The van der Waals surface area contributed by atoms with Crippen molar-refractivity contribution in [1.29, 1.82) is 0 Å². The molecule has 0 fully saturated rings. The number of benzene rings is 1. The molecule has 6 heteroatoms. The largest absolute Gasteiger partial charge is 0.389 e. The summed E-state index contributed by atoms with van der Waals surface area (Å²) in [7, 11) is 0. The molecular formula is C12H14Cl2F3N. The molecule has 1 rings (SSSR count). The first-order valence-electron chi connectivity index (χ1n) is 5.54. The minimum atomic E-state index is -4.09. The van der Waals surface area contributed by atoms with Gasteiger partial charge in [-0.2, -0.15) is 13.2 Å². The normalized spacial score (nSPS) is 13.7. The predicted molar refractivity (Wildman–Crippen MR) is 68.2 cm³/mol. The summed E-state index contributed by atoms with van der Waals surface area (Å²) in [5, 5.41) is 3.92. The molecule has 0 heterocycles. The van der Waals surface area contributed by atoms with Crippen molar-refractivity contribution in [2.75, 3.05) is 6.54 Å². The summed E-state index contributed by atoms with van der Waals surface area (Å²) in [6.07, 6.45) is -4.79. The second kappa shape index (κ2) is 6.64. The number of halogens is 5. The van der Waals surface area contributed by atoms with Crippen LogP contribution in [0.3, 0.4) is 0 Å². The van der Waals surface area contributed by atoms with Crippen LogP contribution in [0.15, 0.2) is 18.2 Å². The van der Waals surface area contributed by atoms with Crippen LogP contribution in [-0.2, 0) is 0 Å². The highest BCUT2D eigenvalue weighted by Crippen LogP contribution is 2.26. The van der Waals surface area contributed by atoms with Crippen molar-refractivity contribution in [2.45, 2.75) is 32.0 Å². The Hall–Kier alpha value is -0.450. The van der Waals surface area contributed by atoms with Crippen molar-refractivity contribution < 1.29 is 13.2 Å². The van der Waals surface area contributed by atoms with Gasteiger partial charge in [-0.1, -0.05) is 29.3 Å². The maximum absolute atomic E-state index is 11.9. The fourth-order valence-electron chi connectivity index (χ4n) is 1.51. The van der Waals surface area contributed by atoms with E-state index in [9.17, 15) is 13.2 Å². The van der Waals surface area contributed by atoms with Crippen molar-refractivity contribution in [1.82, 2.24) is 5.32 Å². The van der Waals surface area contributed by atoms with Gasteiger partial charge in [-0.05, 0) is 37.6 Å². The SMILES string of the molecule is CC(NCCCC(F)(F)F)c1ccc(Cl)c(Cl)c1. The first-order valence-corrected chi connectivity index (χ1v) is 6.30. The van der Waals surface area contributed by atoms with Crippen LogP contribution < -0.4 is 5.32 Å². The van der Waals surface area contributed by atoms with Gasteiger partial charge in [-0.25, -0.2) is 0 Å². The van der Waals surface area contributed by atoms with Gasteiger partial charge in [0.2, 0.25) is 0 Å². The molecule has 0 bridgehead atoms. The zero-order valence-electron chi connectivity index (χ0n) is 9.82. The van der Waals surface area contributed by atoms with E-state index >= 15 is 0 Å². The van der Waals surface area contributed by atoms with Gasteiger partial charge in [-0.15, -0.1) is 0 Å². The molecule has 0 saturated carbocycles. The maximum Gasteiger partial charge on any atom is 0.389 e. The molecule has 1 aromatic carbocycles. The molecule has 1 N–H and O–H groups in total. The van der Waals surface area contributed by atoms with Gasteiger partial charge in [0.15, 0.2) is 0 Å². The smallest absolute Gasteiger partial charge is 0.310 e. The Bertz CT molecular complexity index is 393. The zero-order chi connectivity index (χ0) is 13.8. The van der Waals surface area contributed by atoms with E-state index in [0.717, 1.165) is 5.56 Å². The van der Waals surface area contributed by atoms with E-state index in [4.69, 9.17) is 23.2 Å². The highest BCUT2D eigenvalue weighted by molar-refractivity contribution is 6.42. The molecule has 0 spiro atoms. The quantitative estimate of drug-likeness (QED) is 0.756. The first kappa shape index (κ1) is 15.6. The molecule has 0 radical (unpaired) electrons. The Kier molecular flexibility index (Phi) is 5.76. The predicted octanol–water partition coefficient (Wildman–Crippen LogP) is 4.99. The average molecular weight is 300 g/mol. The van der Waals surface area contributed by atoms with E-state index in [0.29, 0.717) is 16.6 Å². The molecule has 18 heavy (non-hydrogen) atoms. The molecule has 0 aliphatic carbocycles. The van der Waals surface area contributed by atoms with Gasteiger partial charge in [0.1, 0.15) is 0 Å². The van der Waals surface area contributed by atoms with Gasteiger partial charge in [0.05, 0.1) is 10.0 Å². The van der Waals surface area contributed by atoms with Gasteiger partial charge < -0.3 is 5.32 Å². The summed E-state index contributed by atoms with van der Waals surface area (Å²) in [6.45, 7) is 2.17. The Balaban J connectivity index is 2.41. The number of rotatable bonds is 5. The van der Waals surface area contributed by atoms with E-state index in [1.165, 1.54) is 0 Å². The molecule has 1 aromatic rings. The fourth-order valence-corrected chi connectivity index (χ4v) is 1.81. The molecule has 1 unspecified atom stereocenters. The highest BCUT2D eigenvalue weighted by atomic mass is 35.5. The van der Waals surface area contributed by atoms with Crippen molar-refractivity contribution in [3.05, 3.63) is 33.8 Å². The third-order valence-corrected chi connectivity index (χ3v) is 3.27. The van der Waals surface area contributed by atoms with Gasteiger partial charge in [0.25, 0.3) is 0 Å². The van der Waals surface area contributed by atoms with Gasteiger partial charge >= 0.3 is 6.18 Å². The van der Waals surface area contributed by atoms with Crippen LogP contribution in [0.1, 0.15) is 31.4 Å². The van der Waals surface area contributed by atoms with Crippen LogP contribution in [0.2, 0.25) is 10.0 Å². The standard InChI is InChI=1S/C12H14Cl2F3N/c1-8(18-6-2-5-12(15,16)17)9-3-4-10(13)11(14)7-9/h3-4,7-8,18H,2,5-6H2,1H3. The van der Waals surface area contributed by atoms with E-state index in [2.05, 4.69) is 5.32 Å². The lowest BCUT2D eigenvalue weighted by molar-refractivity contribution is -0.135. The second-order valence-corrected chi connectivity index (χ2v) is 4.88. The van der Waals surface area contributed by atoms with E-state index in [1.54, 1.807) is 18.2 Å².